The Kier molecular flexibility index (Phi) is 13.3. The Bertz CT molecular complexity index is 159. The zero-order valence-corrected chi connectivity index (χ0v) is 12.9. The lowest BCUT2D eigenvalue weighted by Gasteiger charge is -2.13. The lowest BCUT2D eigenvalue weighted by Crippen LogP contribution is -2.05. The van der Waals surface area contributed by atoms with Crippen LogP contribution in [0, 0.1) is 11.8 Å². The normalized spacial score (nSPS) is 13.2. The molecule has 0 aromatic heterocycles. The summed E-state index contributed by atoms with van der Waals surface area (Å²) in [5.74, 6) is 1.76. The Morgan fingerprint density at radius 2 is 1.44 bits per heavy atom. The number of nitrogens with two attached hydrogens (primary N) is 1. The van der Waals surface area contributed by atoms with E-state index < -0.39 is 0 Å². The number of rotatable bonds is 13. The summed E-state index contributed by atoms with van der Waals surface area (Å²) < 4.78 is 5.48. The van der Waals surface area contributed by atoms with Crippen LogP contribution in [-0.2, 0) is 4.74 Å². The van der Waals surface area contributed by atoms with Crippen molar-refractivity contribution in [1.82, 2.24) is 0 Å². The topological polar surface area (TPSA) is 35.2 Å². The minimum atomic E-state index is 0.745. The van der Waals surface area contributed by atoms with Gasteiger partial charge in [0, 0.05) is 13.2 Å². The largest absolute Gasteiger partial charge is 0.381 e. The van der Waals surface area contributed by atoms with Gasteiger partial charge in [0.05, 0.1) is 0 Å². The fraction of sp³-hybridized carbons (Fsp3) is 1.00. The predicted molar refractivity (Wildman–Crippen MR) is 80.8 cm³/mol. The van der Waals surface area contributed by atoms with Gasteiger partial charge in [-0.15, -0.1) is 0 Å². The molecule has 0 aromatic rings. The van der Waals surface area contributed by atoms with Crippen molar-refractivity contribution in [2.24, 2.45) is 17.6 Å². The first-order valence-electron chi connectivity index (χ1n) is 7.94. The highest BCUT2D eigenvalue weighted by Gasteiger charge is 2.04. The van der Waals surface area contributed by atoms with Gasteiger partial charge in [0.2, 0.25) is 0 Å². The summed E-state index contributed by atoms with van der Waals surface area (Å²) in [6.45, 7) is 9.54. The number of ether oxygens (including phenoxy) is 1. The summed E-state index contributed by atoms with van der Waals surface area (Å²) >= 11 is 0. The second kappa shape index (κ2) is 13.4. The fourth-order valence-electron chi connectivity index (χ4n) is 2.44. The summed E-state index contributed by atoms with van der Waals surface area (Å²) in [5.41, 5.74) is 5.40. The molecule has 0 amide bonds. The van der Waals surface area contributed by atoms with Crippen molar-refractivity contribution in [3.05, 3.63) is 0 Å². The van der Waals surface area contributed by atoms with Crippen LogP contribution in [0.1, 0.15) is 72.1 Å². The molecule has 2 heteroatoms. The minimum absolute atomic E-state index is 0.745. The third-order valence-corrected chi connectivity index (χ3v) is 3.35. The SMILES string of the molecule is CC(C)CC(C)CCCCCCCOCCCN. The third-order valence-electron chi connectivity index (χ3n) is 3.35. The molecule has 0 rings (SSSR count). The quantitative estimate of drug-likeness (QED) is 0.497. The first-order valence-corrected chi connectivity index (χ1v) is 7.94. The maximum absolute atomic E-state index is 5.48. The van der Waals surface area contributed by atoms with Gasteiger partial charge >= 0.3 is 0 Å². The standard InChI is InChI=1S/C16H35NO/c1-15(2)14-16(3)10-7-5-4-6-8-12-18-13-9-11-17/h15-16H,4-14,17H2,1-3H3. The molecule has 1 atom stereocenters. The molecule has 110 valence electrons. The van der Waals surface area contributed by atoms with Crippen LogP contribution >= 0.6 is 0 Å². The van der Waals surface area contributed by atoms with Crippen molar-refractivity contribution in [3.63, 3.8) is 0 Å². The number of unbranched alkanes of at least 4 members (excludes halogenated alkanes) is 4. The molecular weight excluding hydrogens is 222 g/mol. The summed E-state index contributed by atoms with van der Waals surface area (Å²) in [6.07, 6.45) is 10.5. The molecule has 0 aliphatic carbocycles. The Balaban J connectivity index is 3.07. The molecule has 0 saturated heterocycles. The molecule has 0 heterocycles. The van der Waals surface area contributed by atoms with E-state index in [1.54, 1.807) is 0 Å². The van der Waals surface area contributed by atoms with Gasteiger partial charge in [-0.3, -0.25) is 0 Å². The molecule has 0 aliphatic heterocycles. The summed E-state index contributed by atoms with van der Waals surface area (Å²) in [6, 6.07) is 0. The van der Waals surface area contributed by atoms with Gasteiger partial charge in [0.15, 0.2) is 0 Å². The highest BCUT2D eigenvalue weighted by molar-refractivity contribution is 4.56. The lowest BCUT2D eigenvalue weighted by molar-refractivity contribution is 0.129. The van der Waals surface area contributed by atoms with E-state index in [-0.39, 0.29) is 0 Å². The van der Waals surface area contributed by atoms with Gasteiger partial charge in [-0.25, -0.2) is 0 Å². The van der Waals surface area contributed by atoms with Crippen molar-refractivity contribution >= 4 is 0 Å². The van der Waals surface area contributed by atoms with Crippen molar-refractivity contribution in [2.45, 2.75) is 72.1 Å². The maximum atomic E-state index is 5.48. The average molecular weight is 257 g/mol. The Hall–Kier alpha value is -0.0800. The van der Waals surface area contributed by atoms with E-state index in [1.165, 1.54) is 44.9 Å². The first-order chi connectivity index (χ1) is 8.66. The van der Waals surface area contributed by atoms with Crippen LogP contribution in [0.3, 0.4) is 0 Å². The van der Waals surface area contributed by atoms with Crippen LogP contribution in [0.4, 0.5) is 0 Å². The van der Waals surface area contributed by atoms with Crippen LogP contribution in [-0.4, -0.2) is 19.8 Å². The predicted octanol–water partition coefficient (Wildman–Crippen LogP) is 4.37. The smallest absolute Gasteiger partial charge is 0.0478 e. The van der Waals surface area contributed by atoms with Crippen LogP contribution in [0.2, 0.25) is 0 Å². The van der Waals surface area contributed by atoms with E-state index in [4.69, 9.17) is 10.5 Å². The Morgan fingerprint density at radius 3 is 2.11 bits per heavy atom. The number of hydrogen-bond acceptors (Lipinski definition) is 2. The van der Waals surface area contributed by atoms with Crippen molar-refractivity contribution in [2.75, 3.05) is 19.8 Å². The maximum Gasteiger partial charge on any atom is 0.0478 e. The summed E-state index contributed by atoms with van der Waals surface area (Å²) in [7, 11) is 0. The van der Waals surface area contributed by atoms with Crippen LogP contribution in [0.15, 0.2) is 0 Å². The third kappa shape index (κ3) is 14.0. The van der Waals surface area contributed by atoms with Gasteiger partial charge < -0.3 is 10.5 Å². The molecule has 0 aliphatic rings. The summed E-state index contributed by atoms with van der Waals surface area (Å²) in [5, 5.41) is 0. The summed E-state index contributed by atoms with van der Waals surface area (Å²) in [4.78, 5) is 0. The fourth-order valence-corrected chi connectivity index (χ4v) is 2.44. The monoisotopic (exact) mass is 257 g/mol. The van der Waals surface area contributed by atoms with Crippen LogP contribution in [0.5, 0.6) is 0 Å². The zero-order valence-electron chi connectivity index (χ0n) is 12.9. The molecule has 0 bridgehead atoms. The molecule has 0 radical (unpaired) electrons. The molecule has 2 N–H and O–H groups in total. The zero-order chi connectivity index (χ0) is 13.6. The Labute approximate surface area is 115 Å². The average Bonchev–Trinajstić information content (AvgIpc) is 2.30. The van der Waals surface area contributed by atoms with Gasteiger partial charge in [-0.1, -0.05) is 52.9 Å². The van der Waals surface area contributed by atoms with Crippen molar-refractivity contribution < 1.29 is 4.74 Å². The van der Waals surface area contributed by atoms with E-state index in [1.807, 2.05) is 0 Å². The molecule has 2 nitrogen and oxygen atoms in total. The van der Waals surface area contributed by atoms with Crippen molar-refractivity contribution in [3.8, 4) is 0 Å². The van der Waals surface area contributed by atoms with E-state index in [0.29, 0.717) is 0 Å². The molecule has 0 spiro atoms. The molecular formula is C16H35NO. The van der Waals surface area contributed by atoms with Gasteiger partial charge in [0.25, 0.3) is 0 Å². The van der Waals surface area contributed by atoms with E-state index >= 15 is 0 Å². The number of hydrogen-bond donors (Lipinski definition) is 1. The highest BCUT2D eigenvalue weighted by atomic mass is 16.5. The van der Waals surface area contributed by atoms with Gasteiger partial charge in [0.1, 0.15) is 0 Å². The Morgan fingerprint density at radius 1 is 0.833 bits per heavy atom. The highest BCUT2D eigenvalue weighted by Crippen LogP contribution is 2.18. The van der Waals surface area contributed by atoms with E-state index in [0.717, 1.165) is 38.0 Å². The van der Waals surface area contributed by atoms with Crippen LogP contribution in [0.25, 0.3) is 0 Å². The second-order valence-corrected chi connectivity index (χ2v) is 6.05. The van der Waals surface area contributed by atoms with Crippen LogP contribution < -0.4 is 5.73 Å². The van der Waals surface area contributed by atoms with Gasteiger partial charge in [-0.05, 0) is 37.6 Å². The molecule has 0 fully saturated rings. The second-order valence-electron chi connectivity index (χ2n) is 6.05. The van der Waals surface area contributed by atoms with E-state index in [2.05, 4.69) is 20.8 Å². The van der Waals surface area contributed by atoms with Gasteiger partial charge in [-0.2, -0.15) is 0 Å². The van der Waals surface area contributed by atoms with E-state index in [9.17, 15) is 0 Å². The lowest BCUT2D eigenvalue weighted by atomic mass is 9.93. The molecule has 0 saturated carbocycles. The molecule has 1 unspecified atom stereocenters. The molecule has 18 heavy (non-hydrogen) atoms. The molecule has 0 aromatic carbocycles. The van der Waals surface area contributed by atoms with Crippen molar-refractivity contribution in [1.29, 1.82) is 0 Å². The first kappa shape index (κ1) is 17.9. The minimum Gasteiger partial charge on any atom is -0.381 e.